The molecule has 0 radical (unpaired) electrons. The lowest BCUT2D eigenvalue weighted by atomic mass is 10.3. The van der Waals surface area contributed by atoms with Gasteiger partial charge in [0.25, 0.3) is 0 Å². The van der Waals surface area contributed by atoms with E-state index >= 15 is 0 Å². The van der Waals surface area contributed by atoms with Crippen molar-refractivity contribution < 1.29 is 4.74 Å². The molecule has 1 N–H and O–H groups in total. The highest BCUT2D eigenvalue weighted by Crippen LogP contribution is 2.22. The summed E-state index contributed by atoms with van der Waals surface area (Å²) < 4.78 is 7.57. The summed E-state index contributed by atoms with van der Waals surface area (Å²) in [5, 5.41) is 3.43. The van der Waals surface area contributed by atoms with Gasteiger partial charge in [0.1, 0.15) is 11.6 Å². The molecule has 1 heterocycles. The molecule has 1 aromatic carbocycles. The van der Waals surface area contributed by atoms with Gasteiger partial charge in [-0.2, -0.15) is 0 Å². The molecule has 0 aliphatic rings. The molecular formula is C15H23N3O. The van der Waals surface area contributed by atoms with Crippen LogP contribution in [-0.2, 0) is 13.1 Å². The Balaban J connectivity index is 2.34. The Morgan fingerprint density at radius 1 is 1.26 bits per heavy atom. The first kappa shape index (κ1) is 13.9. The lowest BCUT2D eigenvalue weighted by Crippen LogP contribution is -2.17. The standard InChI is InChI=1S/C15H23N3O/c1-4-8-16-11-15-17-13-10-12(19-3)6-7-14(13)18(15)9-5-2/h6-7,10,16H,4-5,8-9,11H2,1-3H3. The van der Waals surface area contributed by atoms with Crippen molar-refractivity contribution in [3.63, 3.8) is 0 Å². The van der Waals surface area contributed by atoms with E-state index < -0.39 is 0 Å². The summed E-state index contributed by atoms with van der Waals surface area (Å²) in [7, 11) is 1.69. The highest BCUT2D eigenvalue weighted by Gasteiger charge is 2.10. The van der Waals surface area contributed by atoms with Gasteiger partial charge in [0, 0.05) is 12.6 Å². The number of benzene rings is 1. The number of nitrogens with one attached hydrogen (secondary N) is 1. The molecule has 0 spiro atoms. The Morgan fingerprint density at radius 2 is 2.11 bits per heavy atom. The van der Waals surface area contributed by atoms with E-state index in [1.807, 2.05) is 12.1 Å². The molecule has 0 bridgehead atoms. The topological polar surface area (TPSA) is 39.1 Å². The number of fused-ring (bicyclic) bond motifs is 1. The second-order valence-electron chi connectivity index (χ2n) is 4.71. The number of rotatable bonds is 7. The molecule has 104 valence electrons. The van der Waals surface area contributed by atoms with Gasteiger partial charge in [-0.15, -0.1) is 0 Å². The van der Waals surface area contributed by atoms with E-state index in [1.54, 1.807) is 7.11 Å². The number of ether oxygens (including phenoxy) is 1. The lowest BCUT2D eigenvalue weighted by Gasteiger charge is -2.08. The Kier molecular flexibility index (Phi) is 4.80. The van der Waals surface area contributed by atoms with Crippen molar-refractivity contribution >= 4 is 11.0 Å². The molecule has 0 amide bonds. The number of nitrogens with zero attached hydrogens (tertiary/aromatic N) is 2. The van der Waals surface area contributed by atoms with Gasteiger partial charge in [-0.25, -0.2) is 4.98 Å². The highest BCUT2D eigenvalue weighted by atomic mass is 16.5. The van der Waals surface area contributed by atoms with E-state index in [2.05, 4.69) is 29.8 Å². The summed E-state index contributed by atoms with van der Waals surface area (Å²) in [5.74, 6) is 1.97. The summed E-state index contributed by atoms with van der Waals surface area (Å²) in [5.41, 5.74) is 2.21. The predicted octanol–water partition coefficient (Wildman–Crippen LogP) is 2.95. The third kappa shape index (κ3) is 3.07. The minimum atomic E-state index is 0.824. The lowest BCUT2D eigenvalue weighted by molar-refractivity contribution is 0.415. The van der Waals surface area contributed by atoms with Crippen LogP contribution >= 0.6 is 0 Å². The minimum Gasteiger partial charge on any atom is -0.497 e. The zero-order valence-corrected chi connectivity index (χ0v) is 12.1. The van der Waals surface area contributed by atoms with Crippen molar-refractivity contribution in [3.8, 4) is 5.75 Å². The Hall–Kier alpha value is -1.55. The maximum absolute atomic E-state index is 5.27. The average Bonchev–Trinajstić information content (AvgIpc) is 2.77. The first-order valence-corrected chi connectivity index (χ1v) is 7.04. The van der Waals surface area contributed by atoms with Crippen molar-refractivity contribution in [1.82, 2.24) is 14.9 Å². The number of hydrogen-bond acceptors (Lipinski definition) is 3. The second-order valence-corrected chi connectivity index (χ2v) is 4.71. The molecule has 4 heteroatoms. The molecule has 0 aliphatic heterocycles. The van der Waals surface area contributed by atoms with Crippen molar-refractivity contribution in [2.24, 2.45) is 0 Å². The predicted molar refractivity (Wildman–Crippen MR) is 78.6 cm³/mol. The maximum Gasteiger partial charge on any atom is 0.123 e. The third-order valence-electron chi connectivity index (χ3n) is 3.19. The van der Waals surface area contributed by atoms with Crippen LogP contribution in [-0.4, -0.2) is 23.2 Å². The maximum atomic E-state index is 5.27. The van der Waals surface area contributed by atoms with Gasteiger partial charge in [-0.05, 0) is 31.5 Å². The van der Waals surface area contributed by atoms with Gasteiger partial charge in [0.15, 0.2) is 0 Å². The molecule has 2 aromatic rings. The van der Waals surface area contributed by atoms with Gasteiger partial charge < -0.3 is 14.6 Å². The van der Waals surface area contributed by atoms with Crippen LogP contribution in [0.2, 0.25) is 0 Å². The molecule has 0 fully saturated rings. The Bertz CT molecular complexity index is 533. The Labute approximate surface area is 114 Å². The molecular weight excluding hydrogens is 238 g/mol. The number of hydrogen-bond donors (Lipinski definition) is 1. The van der Waals surface area contributed by atoms with Crippen LogP contribution in [0.15, 0.2) is 18.2 Å². The van der Waals surface area contributed by atoms with E-state index in [0.717, 1.165) is 49.6 Å². The zero-order valence-electron chi connectivity index (χ0n) is 12.1. The van der Waals surface area contributed by atoms with Gasteiger partial charge in [-0.1, -0.05) is 13.8 Å². The van der Waals surface area contributed by atoms with Crippen molar-refractivity contribution in [1.29, 1.82) is 0 Å². The fraction of sp³-hybridized carbons (Fsp3) is 0.533. The van der Waals surface area contributed by atoms with E-state index in [-0.39, 0.29) is 0 Å². The fourth-order valence-electron chi connectivity index (χ4n) is 2.27. The summed E-state index contributed by atoms with van der Waals surface area (Å²) in [6.07, 6.45) is 2.25. The molecule has 1 aromatic heterocycles. The number of aromatic nitrogens is 2. The molecule has 2 rings (SSSR count). The van der Waals surface area contributed by atoms with Crippen LogP contribution < -0.4 is 10.1 Å². The molecule has 0 atom stereocenters. The van der Waals surface area contributed by atoms with Crippen LogP contribution in [0.3, 0.4) is 0 Å². The van der Waals surface area contributed by atoms with E-state index in [4.69, 9.17) is 9.72 Å². The monoisotopic (exact) mass is 261 g/mol. The van der Waals surface area contributed by atoms with Crippen LogP contribution in [0, 0.1) is 0 Å². The largest absolute Gasteiger partial charge is 0.497 e. The first-order chi connectivity index (χ1) is 9.30. The van der Waals surface area contributed by atoms with E-state index in [0.29, 0.717) is 0 Å². The fourth-order valence-corrected chi connectivity index (χ4v) is 2.27. The third-order valence-corrected chi connectivity index (χ3v) is 3.19. The van der Waals surface area contributed by atoms with E-state index in [9.17, 15) is 0 Å². The van der Waals surface area contributed by atoms with Crippen molar-refractivity contribution in [2.45, 2.75) is 39.8 Å². The van der Waals surface area contributed by atoms with Crippen LogP contribution in [0.1, 0.15) is 32.5 Å². The minimum absolute atomic E-state index is 0.824. The van der Waals surface area contributed by atoms with Gasteiger partial charge >= 0.3 is 0 Å². The van der Waals surface area contributed by atoms with Crippen molar-refractivity contribution in [2.75, 3.05) is 13.7 Å². The second kappa shape index (κ2) is 6.57. The molecule has 0 aliphatic carbocycles. The van der Waals surface area contributed by atoms with Crippen LogP contribution in [0.25, 0.3) is 11.0 Å². The van der Waals surface area contributed by atoms with Crippen LogP contribution in [0.4, 0.5) is 0 Å². The zero-order chi connectivity index (χ0) is 13.7. The molecule has 0 saturated carbocycles. The highest BCUT2D eigenvalue weighted by molar-refractivity contribution is 5.77. The summed E-state index contributed by atoms with van der Waals surface area (Å²) in [6, 6.07) is 6.10. The summed E-state index contributed by atoms with van der Waals surface area (Å²) >= 11 is 0. The van der Waals surface area contributed by atoms with Crippen LogP contribution in [0.5, 0.6) is 5.75 Å². The number of imidazole rings is 1. The quantitative estimate of drug-likeness (QED) is 0.779. The molecule has 0 unspecified atom stereocenters. The van der Waals surface area contributed by atoms with Gasteiger partial charge in [0.2, 0.25) is 0 Å². The number of methoxy groups -OCH3 is 1. The van der Waals surface area contributed by atoms with Crippen molar-refractivity contribution in [3.05, 3.63) is 24.0 Å². The van der Waals surface area contributed by atoms with E-state index in [1.165, 1.54) is 5.52 Å². The SMILES string of the molecule is CCCNCc1nc2cc(OC)ccc2n1CCC. The smallest absolute Gasteiger partial charge is 0.123 e. The first-order valence-electron chi connectivity index (χ1n) is 7.04. The van der Waals surface area contributed by atoms with Gasteiger partial charge in [0.05, 0.1) is 24.7 Å². The number of aryl methyl sites for hydroxylation is 1. The Morgan fingerprint density at radius 3 is 2.79 bits per heavy atom. The summed E-state index contributed by atoms with van der Waals surface area (Å²) in [4.78, 5) is 4.73. The molecule has 19 heavy (non-hydrogen) atoms. The van der Waals surface area contributed by atoms with Gasteiger partial charge in [-0.3, -0.25) is 0 Å². The normalized spacial score (nSPS) is 11.1. The molecule has 0 saturated heterocycles. The average molecular weight is 261 g/mol. The summed E-state index contributed by atoms with van der Waals surface area (Å²) in [6.45, 7) is 7.22. The molecule has 4 nitrogen and oxygen atoms in total.